The Morgan fingerprint density at radius 3 is 2.74 bits per heavy atom. The molecule has 0 amide bonds. The minimum atomic E-state index is -0.993. The highest BCUT2D eigenvalue weighted by atomic mass is 16.5. The van der Waals surface area contributed by atoms with Crippen LogP contribution in [-0.2, 0) is 0 Å². The number of benzene rings is 1. The van der Waals surface area contributed by atoms with Gasteiger partial charge in [0.2, 0.25) is 0 Å². The number of hydrogen-bond donors (Lipinski definition) is 2. The van der Waals surface area contributed by atoms with E-state index in [9.17, 15) is 4.79 Å². The zero-order valence-electron chi connectivity index (χ0n) is 10.7. The van der Waals surface area contributed by atoms with Gasteiger partial charge in [-0.05, 0) is 30.7 Å². The van der Waals surface area contributed by atoms with E-state index in [-0.39, 0.29) is 5.56 Å². The standard InChI is InChI=1S/C14H16N2O3/c1-2-3-8-19-11-6-4-10(5-7-11)13-12(14(17)18)9-15-16-13/h4-7,9H,2-3,8H2,1H3,(H,15,16)(H,17,18). The zero-order valence-corrected chi connectivity index (χ0v) is 10.7. The van der Waals surface area contributed by atoms with Crippen LogP contribution >= 0.6 is 0 Å². The van der Waals surface area contributed by atoms with Gasteiger partial charge in [0.25, 0.3) is 0 Å². The highest BCUT2D eigenvalue weighted by Crippen LogP contribution is 2.23. The molecule has 1 aromatic heterocycles. The van der Waals surface area contributed by atoms with Gasteiger partial charge in [-0.3, -0.25) is 5.10 Å². The lowest BCUT2D eigenvalue weighted by Crippen LogP contribution is -1.98. The van der Waals surface area contributed by atoms with Crippen LogP contribution in [0.5, 0.6) is 5.75 Å². The third-order valence-corrected chi connectivity index (χ3v) is 2.78. The number of aromatic nitrogens is 2. The Morgan fingerprint density at radius 1 is 1.37 bits per heavy atom. The monoisotopic (exact) mass is 260 g/mol. The maximum atomic E-state index is 11.0. The van der Waals surface area contributed by atoms with Crippen molar-refractivity contribution in [2.24, 2.45) is 0 Å². The fraction of sp³-hybridized carbons (Fsp3) is 0.286. The largest absolute Gasteiger partial charge is 0.494 e. The number of carboxylic acids is 1. The van der Waals surface area contributed by atoms with Gasteiger partial charge in [0, 0.05) is 5.56 Å². The van der Waals surface area contributed by atoms with Crippen molar-refractivity contribution in [1.82, 2.24) is 10.2 Å². The number of nitrogens with zero attached hydrogens (tertiary/aromatic N) is 1. The Morgan fingerprint density at radius 2 is 2.11 bits per heavy atom. The molecule has 2 aromatic rings. The van der Waals surface area contributed by atoms with Crippen LogP contribution in [0.15, 0.2) is 30.5 Å². The van der Waals surface area contributed by atoms with Crippen molar-refractivity contribution in [3.05, 3.63) is 36.0 Å². The summed E-state index contributed by atoms with van der Waals surface area (Å²) in [5.41, 5.74) is 1.45. The van der Waals surface area contributed by atoms with Gasteiger partial charge in [0.15, 0.2) is 0 Å². The quantitative estimate of drug-likeness (QED) is 0.783. The van der Waals surface area contributed by atoms with Crippen LogP contribution in [0, 0.1) is 0 Å². The van der Waals surface area contributed by atoms with Gasteiger partial charge in [-0.15, -0.1) is 0 Å². The summed E-state index contributed by atoms with van der Waals surface area (Å²) >= 11 is 0. The molecule has 0 spiro atoms. The number of H-pyrrole nitrogens is 1. The summed E-state index contributed by atoms with van der Waals surface area (Å²) in [4.78, 5) is 11.0. The first kappa shape index (κ1) is 13.1. The third-order valence-electron chi connectivity index (χ3n) is 2.78. The Labute approximate surface area is 111 Å². The van der Waals surface area contributed by atoms with Crippen molar-refractivity contribution in [2.75, 3.05) is 6.61 Å². The molecule has 0 bridgehead atoms. The van der Waals surface area contributed by atoms with E-state index in [2.05, 4.69) is 17.1 Å². The van der Waals surface area contributed by atoms with Crippen LogP contribution < -0.4 is 4.74 Å². The van der Waals surface area contributed by atoms with Gasteiger partial charge in [-0.25, -0.2) is 4.79 Å². The Bertz CT molecular complexity index is 546. The highest BCUT2D eigenvalue weighted by Gasteiger charge is 2.13. The van der Waals surface area contributed by atoms with E-state index in [1.165, 1.54) is 6.20 Å². The van der Waals surface area contributed by atoms with E-state index >= 15 is 0 Å². The molecule has 5 nitrogen and oxygen atoms in total. The van der Waals surface area contributed by atoms with Crippen molar-refractivity contribution >= 4 is 5.97 Å². The molecule has 0 saturated heterocycles. The molecule has 19 heavy (non-hydrogen) atoms. The van der Waals surface area contributed by atoms with Gasteiger partial charge in [-0.2, -0.15) is 5.10 Å². The van der Waals surface area contributed by atoms with Crippen molar-refractivity contribution in [3.63, 3.8) is 0 Å². The second-order valence-corrected chi connectivity index (χ2v) is 4.19. The summed E-state index contributed by atoms with van der Waals surface area (Å²) in [6.07, 6.45) is 3.42. The van der Waals surface area contributed by atoms with Crippen molar-refractivity contribution < 1.29 is 14.6 Å². The number of rotatable bonds is 6. The first-order chi connectivity index (χ1) is 9.22. The van der Waals surface area contributed by atoms with Gasteiger partial charge < -0.3 is 9.84 Å². The highest BCUT2D eigenvalue weighted by molar-refractivity contribution is 5.94. The average Bonchev–Trinajstić information content (AvgIpc) is 2.89. The molecule has 2 N–H and O–H groups in total. The maximum Gasteiger partial charge on any atom is 0.339 e. The molecule has 0 radical (unpaired) electrons. The first-order valence-corrected chi connectivity index (χ1v) is 6.22. The van der Waals surface area contributed by atoms with Crippen LogP contribution in [0.4, 0.5) is 0 Å². The van der Waals surface area contributed by atoms with Crippen molar-refractivity contribution in [3.8, 4) is 17.0 Å². The summed E-state index contributed by atoms with van der Waals surface area (Å²) < 4.78 is 5.55. The molecule has 5 heteroatoms. The number of nitrogens with one attached hydrogen (secondary N) is 1. The van der Waals surface area contributed by atoms with Crippen LogP contribution in [0.25, 0.3) is 11.3 Å². The molecule has 100 valence electrons. The summed E-state index contributed by atoms with van der Waals surface area (Å²) in [6, 6.07) is 7.30. The second-order valence-electron chi connectivity index (χ2n) is 4.19. The van der Waals surface area contributed by atoms with E-state index in [4.69, 9.17) is 9.84 Å². The minimum Gasteiger partial charge on any atom is -0.494 e. The predicted octanol–water partition coefficient (Wildman–Crippen LogP) is 2.95. The lowest BCUT2D eigenvalue weighted by Gasteiger charge is -2.06. The second kappa shape index (κ2) is 6.04. The molecular weight excluding hydrogens is 244 g/mol. The molecule has 0 aliphatic carbocycles. The predicted molar refractivity (Wildman–Crippen MR) is 71.4 cm³/mol. The number of unbranched alkanes of at least 4 members (excludes halogenated alkanes) is 1. The smallest absolute Gasteiger partial charge is 0.339 e. The van der Waals surface area contributed by atoms with Crippen molar-refractivity contribution in [1.29, 1.82) is 0 Å². The van der Waals surface area contributed by atoms with Crippen LogP contribution in [0.3, 0.4) is 0 Å². The van der Waals surface area contributed by atoms with Gasteiger partial charge >= 0.3 is 5.97 Å². The molecule has 0 fully saturated rings. The fourth-order valence-electron chi connectivity index (χ4n) is 1.72. The van der Waals surface area contributed by atoms with E-state index < -0.39 is 5.97 Å². The van der Waals surface area contributed by atoms with Gasteiger partial charge in [0.1, 0.15) is 11.3 Å². The fourth-order valence-corrected chi connectivity index (χ4v) is 1.72. The number of ether oxygens (including phenoxy) is 1. The maximum absolute atomic E-state index is 11.0. The summed E-state index contributed by atoms with van der Waals surface area (Å²) in [5.74, 6) is -0.208. The average molecular weight is 260 g/mol. The van der Waals surface area contributed by atoms with Crippen LogP contribution in [-0.4, -0.2) is 27.9 Å². The van der Waals surface area contributed by atoms with Gasteiger partial charge in [-0.1, -0.05) is 13.3 Å². The van der Waals surface area contributed by atoms with E-state index in [1.54, 1.807) is 0 Å². The zero-order chi connectivity index (χ0) is 13.7. The molecule has 0 unspecified atom stereocenters. The molecule has 0 saturated carbocycles. The van der Waals surface area contributed by atoms with E-state index in [1.807, 2.05) is 24.3 Å². The SMILES string of the molecule is CCCCOc1ccc(-c2[nH]ncc2C(=O)O)cc1. The number of carbonyl (C=O) groups is 1. The van der Waals surface area contributed by atoms with Crippen LogP contribution in [0.2, 0.25) is 0 Å². The molecule has 2 rings (SSSR count). The number of hydrogen-bond acceptors (Lipinski definition) is 3. The minimum absolute atomic E-state index is 0.166. The van der Waals surface area contributed by atoms with Gasteiger partial charge in [0.05, 0.1) is 18.5 Å². The molecule has 1 heterocycles. The Balaban J connectivity index is 2.13. The number of aromatic carboxylic acids is 1. The summed E-state index contributed by atoms with van der Waals surface area (Å²) in [6.45, 7) is 2.80. The topological polar surface area (TPSA) is 75.2 Å². The molecule has 0 atom stereocenters. The summed E-state index contributed by atoms with van der Waals surface area (Å²) in [7, 11) is 0. The van der Waals surface area contributed by atoms with Crippen LogP contribution in [0.1, 0.15) is 30.1 Å². The lowest BCUT2D eigenvalue weighted by atomic mass is 10.1. The summed E-state index contributed by atoms with van der Waals surface area (Å²) in [5, 5.41) is 15.5. The molecule has 0 aliphatic rings. The normalized spacial score (nSPS) is 10.4. The lowest BCUT2D eigenvalue weighted by molar-refractivity contribution is 0.0698. The third kappa shape index (κ3) is 3.13. The molecular formula is C14H16N2O3. The van der Waals surface area contributed by atoms with E-state index in [0.29, 0.717) is 12.3 Å². The molecule has 0 aliphatic heterocycles. The number of carboxylic acid groups (broad SMARTS) is 1. The Hall–Kier alpha value is -2.30. The van der Waals surface area contributed by atoms with Crippen molar-refractivity contribution in [2.45, 2.75) is 19.8 Å². The Kier molecular flexibility index (Phi) is 4.18. The van der Waals surface area contributed by atoms with E-state index in [0.717, 1.165) is 24.2 Å². The molecule has 1 aromatic carbocycles. The first-order valence-electron chi connectivity index (χ1n) is 6.22. The number of aromatic amines is 1.